The number of benzene rings is 2. The van der Waals surface area contributed by atoms with Crippen LogP contribution in [0, 0.1) is 6.92 Å². The number of rotatable bonds is 10. The Morgan fingerprint density at radius 1 is 1.18 bits per heavy atom. The van der Waals surface area contributed by atoms with Gasteiger partial charge in [-0.15, -0.1) is 0 Å². The minimum Gasteiger partial charge on any atom is -0.462 e. The fourth-order valence-electron chi connectivity index (χ4n) is 5.63. The average molecular weight is 546 g/mol. The van der Waals surface area contributed by atoms with Crippen LogP contribution in [-0.2, 0) is 13.0 Å². The fourth-order valence-corrected chi connectivity index (χ4v) is 5.63. The molecule has 1 atom stereocenters. The van der Waals surface area contributed by atoms with Gasteiger partial charge >= 0.3 is 6.01 Å². The molecule has 216 valence electrons. The van der Waals surface area contributed by atoms with E-state index < -0.39 is 0 Å². The first-order chi connectivity index (χ1) is 19.5. The molecule has 2 aromatic carbocycles. The van der Waals surface area contributed by atoms with E-state index in [0.29, 0.717) is 18.7 Å². The molecule has 0 saturated carbocycles. The molecule has 0 spiro atoms. The summed E-state index contributed by atoms with van der Waals surface area (Å²) in [5.74, 6) is 0.993. The molecular formula is C32H47N7O. The first-order valence-electron chi connectivity index (χ1n) is 14.8. The van der Waals surface area contributed by atoms with Crippen LogP contribution in [0.15, 0.2) is 41.4 Å². The van der Waals surface area contributed by atoms with E-state index in [2.05, 4.69) is 90.8 Å². The van der Waals surface area contributed by atoms with E-state index in [1.807, 2.05) is 0 Å². The third kappa shape index (κ3) is 7.09. The topological polar surface area (TPSA) is 83.1 Å². The number of aliphatic imine (C=N–C) groups is 1. The minimum atomic E-state index is 0.430. The van der Waals surface area contributed by atoms with Gasteiger partial charge in [-0.3, -0.25) is 0 Å². The first-order valence-corrected chi connectivity index (χ1v) is 14.8. The number of nitrogens with two attached hydrogens (primary N) is 1. The van der Waals surface area contributed by atoms with Crippen molar-refractivity contribution in [3.8, 4) is 6.01 Å². The summed E-state index contributed by atoms with van der Waals surface area (Å²) < 4.78 is 6.24. The van der Waals surface area contributed by atoms with E-state index >= 15 is 0 Å². The van der Waals surface area contributed by atoms with Gasteiger partial charge in [0.05, 0.1) is 12.2 Å². The molecule has 2 N–H and O–H groups in total. The van der Waals surface area contributed by atoms with Gasteiger partial charge in [0.15, 0.2) is 0 Å². The Bertz CT molecular complexity index is 1260. The van der Waals surface area contributed by atoms with Gasteiger partial charge < -0.3 is 30.2 Å². The molecule has 0 unspecified atom stereocenters. The number of anilines is 2. The van der Waals surface area contributed by atoms with Gasteiger partial charge in [0.25, 0.3) is 0 Å². The molecular weight excluding hydrogens is 498 g/mol. The van der Waals surface area contributed by atoms with E-state index in [1.165, 1.54) is 34.0 Å². The number of likely N-dealkylation sites (tertiary alicyclic amines) is 1. The lowest BCUT2D eigenvalue weighted by atomic mass is 10.00. The van der Waals surface area contributed by atoms with Gasteiger partial charge in [-0.25, -0.2) is 0 Å². The average Bonchev–Trinajstić information content (AvgIpc) is 3.39. The molecule has 8 heteroatoms. The Morgan fingerprint density at radius 2 is 1.95 bits per heavy atom. The molecule has 3 aromatic rings. The van der Waals surface area contributed by atoms with Crippen LogP contribution in [0.25, 0.3) is 10.8 Å². The summed E-state index contributed by atoms with van der Waals surface area (Å²) in [6, 6.07) is 14.1. The number of aryl methyl sites for hydroxylation is 1. The summed E-state index contributed by atoms with van der Waals surface area (Å²) >= 11 is 0. The van der Waals surface area contributed by atoms with Crippen molar-refractivity contribution in [3.63, 3.8) is 0 Å². The standard InChI is InChI=1S/C29H38N6O.C3H9N/c1-21-9-5-10-22-11-6-13-26(27(21)22)35-18-14-24-25(19-35)31-29(36-20-23-12-7-16-33(23)3)32-28(24)34(4)17-8-15-30-2;1-2-3-4/h5-6,9-11,13,23H,2,7-8,12,14-20H2,1,3-4H3;2-4H2,1H3/t23-;/m0./s1. The van der Waals surface area contributed by atoms with Gasteiger partial charge in [0.1, 0.15) is 12.4 Å². The molecule has 40 heavy (non-hydrogen) atoms. The van der Waals surface area contributed by atoms with Crippen LogP contribution in [0.2, 0.25) is 0 Å². The zero-order valence-corrected chi connectivity index (χ0v) is 24.9. The third-order valence-electron chi connectivity index (χ3n) is 7.99. The molecule has 8 nitrogen and oxygen atoms in total. The lowest BCUT2D eigenvalue weighted by molar-refractivity contribution is 0.187. The third-order valence-corrected chi connectivity index (χ3v) is 7.99. The molecule has 2 aliphatic rings. The van der Waals surface area contributed by atoms with Gasteiger partial charge in [0, 0.05) is 49.4 Å². The largest absolute Gasteiger partial charge is 0.462 e. The van der Waals surface area contributed by atoms with Gasteiger partial charge in [-0.1, -0.05) is 37.3 Å². The molecule has 0 aliphatic carbocycles. The number of likely N-dealkylation sites (N-methyl/N-ethyl adjacent to an activating group) is 1. The quantitative estimate of drug-likeness (QED) is 0.288. The second-order valence-corrected chi connectivity index (χ2v) is 11.0. The lowest BCUT2D eigenvalue weighted by Crippen LogP contribution is -2.34. The van der Waals surface area contributed by atoms with Crippen molar-refractivity contribution in [1.29, 1.82) is 0 Å². The summed E-state index contributed by atoms with van der Waals surface area (Å²) in [6.07, 6.45) is 5.34. The predicted octanol–water partition coefficient (Wildman–Crippen LogP) is 4.86. The Morgan fingerprint density at radius 3 is 2.65 bits per heavy atom. The fraction of sp³-hybridized carbons (Fsp3) is 0.531. The molecule has 0 amide bonds. The van der Waals surface area contributed by atoms with Crippen LogP contribution >= 0.6 is 0 Å². The molecule has 1 fully saturated rings. The van der Waals surface area contributed by atoms with E-state index in [1.54, 1.807) is 0 Å². The first kappa shape index (κ1) is 29.7. The predicted molar refractivity (Wildman–Crippen MR) is 168 cm³/mol. The smallest absolute Gasteiger partial charge is 0.318 e. The normalized spacial score (nSPS) is 16.8. The van der Waals surface area contributed by atoms with Crippen LogP contribution in [0.3, 0.4) is 0 Å². The molecule has 5 rings (SSSR count). The maximum atomic E-state index is 6.24. The van der Waals surface area contributed by atoms with Crippen LogP contribution < -0.4 is 20.3 Å². The molecule has 2 aliphatic heterocycles. The van der Waals surface area contributed by atoms with Gasteiger partial charge in [-0.05, 0) is 82.9 Å². The van der Waals surface area contributed by atoms with E-state index in [4.69, 9.17) is 20.4 Å². The number of hydrogen-bond acceptors (Lipinski definition) is 8. The summed E-state index contributed by atoms with van der Waals surface area (Å²) in [7, 11) is 4.28. The number of ether oxygens (including phenoxy) is 1. The number of nitrogens with zero attached hydrogens (tertiary/aromatic N) is 6. The zero-order chi connectivity index (χ0) is 28.5. The summed E-state index contributed by atoms with van der Waals surface area (Å²) in [6.45, 7) is 13.8. The molecule has 1 saturated heterocycles. The molecule has 0 bridgehead atoms. The second kappa shape index (κ2) is 14.4. The second-order valence-electron chi connectivity index (χ2n) is 11.0. The van der Waals surface area contributed by atoms with Crippen LogP contribution in [0.5, 0.6) is 6.01 Å². The van der Waals surface area contributed by atoms with E-state index in [-0.39, 0.29) is 0 Å². The highest BCUT2D eigenvalue weighted by molar-refractivity contribution is 5.97. The number of aromatic nitrogens is 2. The minimum absolute atomic E-state index is 0.430. The summed E-state index contributed by atoms with van der Waals surface area (Å²) in [5.41, 5.74) is 9.91. The summed E-state index contributed by atoms with van der Waals surface area (Å²) in [4.78, 5) is 21.0. The Kier molecular flexibility index (Phi) is 10.7. The molecule has 0 radical (unpaired) electrons. The van der Waals surface area contributed by atoms with Crippen molar-refractivity contribution >= 4 is 29.0 Å². The van der Waals surface area contributed by atoms with Crippen molar-refractivity contribution < 1.29 is 4.74 Å². The highest BCUT2D eigenvalue weighted by Gasteiger charge is 2.27. The van der Waals surface area contributed by atoms with Crippen LogP contribution in [0.1, 0.15) is 49.4 Å². The monoisotopic (exact) mass is 545 g/mol. The van der Waals surface area contributed by atoms with Crippen molar-refractivity contribution in [3.05, 3.63) is 53.2 Å². The maximum absolute atomic E-state index is 6.24. The highest BCUT2D eigenvalue weighted by Crippen LogP contribution is 2.35. The SMILES string of the molecule is C=NCCCN(C)c1nc(OC[C@@H]2CCCN2C)nc2c1CCN(c1cccc3cccc(C)c13)C2.CCCN. The van der Waals surface area contributed by atoms with Gasteiger partial charge in [-0.2, -0.15) is 9.97 Å². The van der Waals surface area contributed by atoms with Crippen LogP contribution in [0.4, 0.5) is 11.5 Å². The maximum Gasteiger partial charge on any atom is 0.318 e. The number of fused-ring (bicyclic) bond motifs is 2. The van der Waals surface area contributed by atoms with Crippen LogP contribution in [-0.4, -0.2) is 81.1 Å². The lowest BCUT2D eigenvalue weighted by Gasteiger charge is -2.33. The van der Waals surface area contributed by atoms with Crippen molar-refractivity contribution in [1.82, 2.24) is 14.9 Å². The Balaban J connectivity index is 0.000000867. The van der Waals surface area contributed by atoms with Gasteiger partial charge in [0.2, 0.25) is 0 Å². The van der Waals surface area contributed by atoms with Crippen molar-refractivity contribution in [2.45, 2.75) is 58.5 Å². The Labute approximate surface area is 240 Å². The zero-order valence-electron chi connectivity index (χ0n) is 24.9. The molecule has 1 aromatic heterocycles. The molecule has 3 heterocycles. The van der Waals surface area contributed by atoms with Crippen molar-refractivity contribution in [2.75, 3.05) is 63.2 Å². The Hall–Kier alpha value is -3.23. The van der Waals surface area contributed by atoms with E-state index in [9.17, 15) is 0 Å². The van der Waals surface area contributed by atoms with E-state index in [0.717, 1.165) is 76.5 Å². The highest BCUT2D eigenvalue weighted by atomic mass is 16.5. The van der Waals surface area contributed by atoms with Crippen molar-refractivity contribution in [2.24, 2.45) is 10.7 Å². The summed E-state index contributed by atoms with van der Waals surface area (Å²) in [5, 5.41) is 2.61. The number of hydrogen-bond donors (Lipinski definition) is 1.